The van der Waals surface area contributed by atoms with E-state index in [9.17, 15) is 9.59 Å². The van der Waals surface area contributed by atoms with Gasteiger partial charge < -0.3 is 25.6 Å². The van der Waals surface area contributed by atoms with E-state index < -0.39 is 12.0 Å². The molecular weight excluding hydrogens is 480 g/mol. The van der Waals surface area contributed by atoms with Crippen molar-refractivity contribution >= 4 is 56.6 Å². The molecule has 0 bridgehead atoms. The molecule has 1 aliphatic rings. The van der Waals surface area contributed by atoms with Crippen LogP contribution in [0.4, 0.5) is 16.2 Å². The van der Waals surface area contributed by atoms with Gasteiger partial charge in [0.1, 0.15) is 0 Å². The molecule has 3 N–H and O–H groups in total. The summed E-state index contributed by atoms with van der Waals surface area (Å²) < 4.78 is 6.05. The third-order valence-corrected chi connectivity index (χ3v) is 5.93. The Bertz CT molecular complexity index is 1060. The monoisotopic (exact) mass is 502 g/mol. The number of hydrogen-bond donors (Lipinski definition) is 3. The molecule has 2 aromatic carbocycles. The number of halogens is 1. The van der Waals surface area contributed by atoms with Gasteiger partial charge in [-0.25, -0.2) is 9.59 Å². The summed E-state index contributed by atoms with van der Waals surface area (Å²) in [5.41, 5.74) is 3.21. The van der Waals surface area contributed by atoms with Gasteiger partial charge in [-0.2, -0.15) is 0 Å². The molecular formula is C22H23BrN4O3S. The lowest BCUT2D eigenvalue weighted by Gasteiger charge is -2.35. The molecule has 31 heavy (non-hydrogen) atoms. The van der Waals surface area contributed by atoms with Crippen molar-refractivity contribution < 1.29 is 14.3 Å². The molecule has 1 aliphatic heterocycles. The first-order valence-electron chi connectivity index (χ1n) is 9.66. The fourth-order valence-corrected chi connectivity index (χ4v) is 3.84. The van der Waals surface area contributed by atoms with Gasteiger partial charge in [-0.3, -0.25) is 0 Å². The van der Waals surface area contributed by atoms with Gasteiger partial charge in [0, 0.05) is 22.9 Å². The van der Waals surface area contributed by atoms with Crippen LogP contribution in [0.2, 0.25) is 0 Å². The molecule has 0 saturated heterocycles. The van der Waals surface area contributed by atoms with Crippen LogP contribution >= 0.6 is 28.1 Å². The number of anilines is 2. The van der Waals surface area contributed by atoms with E-state index in [1.165, 1.54) is 0 Å². The standard InChI is InChI=1S/C22H23BrN4O3S/c1-4-30-20(28)18-13(2)27(3)22(31)26-19(18)14-8-7-9-15(12-14)24-21(29)25-17-11-6-5-10-16(17)23/h5-12,19H,4H2,1-3H3,(H,26,31)(H2,24,25,29). The summed E-state index contributed by atoms with van der Waals surface area (Å²) in [6.07, 6.45) is 0. The molecule has 7 nitrogen and oxygen atoms in total. The highest BCUT2D eigenvalue weighted by Gasteiger charge is 2.33. The molecule has 0 aliphatic carbocycles. The van der Waals surface area contributed by atoms with Crippen molar-refractivity contribution in [1.29, 1.82) is 0 Å². The highest BCUT2D eigenvalue weighted by atomic mass is 79.9. The second-order valence-electron chi connectivity index (χ2n) is 6.85. The van der Waals surface area contributed by atoms with Crippen LogP contribution in [0.5, 0.6) is 0 Å². The average Bonchev–Trinajstić information content (AvgIpc) is 2.73. The SMILES string of the molecule is CCOC(=O)C1=C(C)N(C)C(=S)NC1c1cccc(NC(=O)Nc2ccccc2Br)c1. The summed E-state index contributed by atoms with van der Waals surface area (Å²) in [7, 11) is 1.80. The van der Waals surface area contributed by atoms with Crippen LogP contribution in [0.1, 0.15) is 25.5 Å². The largest absolute Gasteiger partial charge is 0.463 e. The van der Waals surface area contributed by atoms with Gasteiger partial charge in [0.25, 0.3) is 0 Å². The number of hydrogen-bond acceptors (Lipinski definition) is 4. The first-order valence-corrected chi connectivity index (χ1v) is 10.9. The zero-order valence-electron chi connectivity index (χ0n) is 17.4. The van der Waals surface area contributed by atoms with Gasteiger partial charge in [0.15, 0.2) is 5.11 Å². The predicted molar refractivity (Wildman–Crippen MR) is 129 cm³/mol. The van der Waals surface area contributed by atoms with Gasteiger partial charge in [-0.15, -0.1) is 0 Å². The number of ether oxygens (including phenoxy) is 1. The molecule has 0 spiro atoms. The maximum atomic E-state index is 12.7. The van der Waals surface area contributed by atoms with Gasteiger partial charge >= 0.3 is 12.0 Å². The number of thiocarbonyl (C=S) groups is 1. The summed E-state index contributed by atoms with van der Waals surface area (Å²) in [5.74, 6) is -0.406. The van der Waals surface area contributed by atoms with Crippen LogP contribution < -0.4 is 16.0 Å². The highest BCUT2D eigenvalue weighted by Crippen LogP contribution is 2.32. The van der Waals surface area contributed by atoms with Crippen molar-refractivity contribution in [2.24, 2.45) is 0 Å². The third kappa shape index (κ3) is 5.23. The van der Waals surface area contributed by atoms with Crippen LogP contribution in [0.25, 0.3) is 0 Å². The van der Waals surface area contributed by atoms with Gasteiger partial charge in [0.05, 0.1) is 23.9 Å². The van der Waals surface area contributed by atoms with Crippen LogP contribution in [0.15, 0.2) is 64.3 Å². The van der Waals surface area contributed by atoms with E-state index in [-0.39, 0.29) is 12.6 Å². The van der Waals surface area contributed by atoms with E-state index in [1.54, 1.807) is 37.1 Å². The third-order valence-electron chi connectivity index (χ3n) is 4.85. The van der Waals surface area contributed by atoms with Crippen LogP contribution in [-0.2, 0) is 9.53 Å². The molecule has 2 amide bonds. The van der Waals surface area contributed by atoms with Crippen LogP contribution in [0.3, 0.4) is 0 Å². The highest BCUT2D eigenvalue weighted by molar-refractivity contribution is 9.10. The van der Waals surface area contributed by atoms with E-state index in [4.69, 9.17) is 17.0 Å². The van der Waals surface area contributed by atoms with Crippen LogP contribution in [0, 0.1) is 0 Å². The lowest BCUT2D eigenvalue weighted by atomic mass is 9.95. The Labute approximate surface area is 195 Å². The summed E-state index contributed by atoms with van der Waals surface area (Å²) in [4.78, 5) is 26.9. The maximum Gasteiger partial charge on any atom is 0.338 e. The Morgan fingerprint density at radius 1 is 1.19 bits per heavy atom. The number of nitrogens with zero attached hydrogens (tertiary/aromatic N) is 1. The quantitative estimate of drug-likeness (QED) is 0.402. The van der Waals surface area contributed by atoms with Gasteiger partial charge in [-0.05, 0) is 71.8 Å². The molecule has 0 aromatic heterocycles. The fourth-order valence-electron chi connectivity index (χ4n) is 3.20. The van der Waals surface area contributed by atoms with E-state index in [2.05, 4.69) is 31.9 Å². The number of allylic oxidation sites excluding steroid dienone is 1. The van der Waals surface area contributed by atoms with E-state index in [0.717, 1.165) is 15.7 Å². The topological polar surface area (TPSA) is 82.7 Å². The van der Waals surface area contributed by atoms with Gasteiger partial charge in [0.2, 0.25) is 0 Å². The zero-order chi connectivity index (χ0) is 22.5. The maximum absolute atomic E-state index is 12.7. The molecule has 1 heterocycles. The number of carbonyl (C=O) groups is 2. The summed E-state index contributed by atoms with van der Waals surface area (Å²) in [6, 6.07) is 13.7. The van der Waals surface area contributed by atoms with E-state index in [1.807, 2.05) is 37.3 Å². The Morgan fingerprint density at radius 2 is 1.94 bits per heavy atom. The first kappa shape index (κ1) is 22.8. The van der Waals surface area contributed by atoms with Crippen LogP contribution in [-0.4, -0.2) is 35.7 Å². The fraction of sp³-hybridized carbons (Fsp3) is 0.227. The number of benzene rings is 2. The lowest BCUT2D eigenvalue weighted by Crippen LogP contribution is -2.46. The predicted octanol–water partition coefficient (Wildman–Crippen LogP) is 4.79. The molecule has 3 rings (SSSR count). The lowest BCUT2D eigenvalue weighted by molar-refractivity contribution is -0.139. The van der Waals surface area contributed by atoms with E-state index in [0.29, 0.717) is 22.1 Å². The van der Waals surface area contributed by atoms with Crippen molar-refractivity contribution in [2.75, 3.05) is 24.3 Å². The molecule has 2 aromatic rings. The molecule has 1 unspecified atom stereocenters. The summed E-state index contributed by atoms with van der Waals surface area (Å²) in [5, 5.41) is 9.32. The van der Waals surface area contributed by atoms with Crippen molar-refractivity contribution in [3.63, 3.8) is 0 Å². The molecule has 0 radical (unpaired) electrons. The molecule has 9 heteroatoms. The average molecular weight is 503 g/mol. The second-order valence-corrected chi connectivity index (χ2v) is 8.09. The minimum Gasteiger partial charge on any atom is -0.463 e. The van der Waals surface area contributed by atoms with Crippen molar-refractivity contribution in [1.82, 2.24) is 10.2 Å². The number of urea groups is 1. The Kier molecular flexibility index (Phi) is 7.29. The molecule has 0 fully saturated rings. The minimum atomic E-state index is -0.490. The molecule has 0 saturated carbocycles. The Morgan fingerprint density at radius 3 is 2.65 bits per heavy atom. The summed E-state index contributed by atoms with van der Waals surface area (Å²) >= 11 is 8.83. The molecule has 1 atom stereocenters. The Hall–Kier alpha value is -2.91. The normalized spacial score (nSPS) is 15.9. The molecule has 162 valence electrons. The number of para-hydroxylation sites is 1. The van der Waals surface area contributed by atoms with Crippen molar-refractivity contribution in [2.45, 2.75) is 19.9 Å². The van der Waals surface area contributed by atoms with Gasteiger partial charge in [-0.1, -0.05) is 24.3 Å². The van der Waals surface area contributed by atoms with Crippen molar-refractivity contribution in [3.8, 4) is 0 Å². The number of carbonyl (C=O) groups excluding carboxylic acids is 2. The first-order chi connectivity index (χ1) is 14.8. The number of rotatable bonds is 5. The second kappa shape index (κ2) is 9.93. The number of nitrogens with one attached hydrogen (secondary N) is 3. The zero-order valence-corrected chi connectivity index (χ0v) is 19.8. The smallest absolute Gasteiger partial charge is 0.338 e. The minimum absolute atomic E-state index is 0.271. The number of amides is 2. The summed E-state index contributed by atoms with van der Waals surface area (Å²) in [6.45, 7) is 3.87. The Balaban J connectivity index is 1.85. The number of esters is 1. The van der Waals surface area contributed by atoms with Crippen molar-refractivity contribution in [3.05, 3.63) is 69.8 Å². The van der Waals surface area contributed by atoms with E-state index >= 15 is 0 Å².